The highest BCUT2D eigenvalue weighted by Crippen LogP contribution is 2.17. The molecular weight excluding hydrogens is 378 g/mol. The average Bonchev–Trinajstić information content (AvgIpc) is 3.35. The lowest BCUT2D eigenvalue weighted by Gasteiger charge is -2.05. The number of carbonyl (C=O) groups is 1. The van der Waals surface area contributed by atoms with E-state index in [1.54, 1.807) is 16.9 Å². The summed E-state index contributed by atoms with van der Waals surface area (Å²) >= 11 is 0. The number of aromatic nitrogens is 5. The minimum atomic E-state index is -0.136. The van der Waals surface area contributed by atoms with Gasteiger partial charge in [0.15, 0.2) is 5.82 Å². The molecule has 1 amide bonds. The number of benzene rings is 1. The van der Waals surface area contributed by atoms with Gasteiger partial charge in [0.05, 0.1) is 30.4 Å². The number of aryl methyl sites for hydroxylation is 2. The SMILES string of the molecule is CCn1ncc2cc(CC(=O)Nc3ccn(Cc4ccc(C)c(C#N)n4)n3)ccc21. The summed E-state index contributed by atoms with van der Waals surface area (Å²) in [6.07, 6.45) is 3.85. The topological polar surface area (TPSA) is 101 Å². The van der Waals surface area contributed by atoms with E-state index in [4.69, 9.17) is 5.26 Å². The predicted octanol–water partition coefficient (Wildman–Crippen LogP) is 3.06. The van der Waals surface area contributed by atoms with Gasteiger partial charge in [0, 0.05) is 24.2 Å². The maximum absolute atomic E-state index is 12.4. The van der Waals surface area contributed by atoms with Gasteiger partial charge in [0.25, 0.3) is 0 Å². The van der Waals surface area contributed by atoms with Crippen LogP contribution in [0.5, 0.6) is 0 Å². The Bertz CT molecular complexity index is 1260. The Morgan fingerprint density at radius 1 is 1.23 bits per heavy atom. The molecule has 4 aromatic rings. The van der Waals surface area contributed by atoms with E-state index in [-0.39, 0.29) is 12.3 Å². The number of hydrogen-bond acceptors (Lipinski definition) is 5. The van der Waals surface area contributed by atoms with Gasteiger partial charge in [-0.3, -0.25) is 14.2 Å². The van der Waals surface area contributed by atoms with Crippen LogP contribution in [0, 0.1) is 18.3 Å². The van der Waals surface area contributed by atoms with Crippen LogP contribution >= 0.6 is 0 Å². The second kappa shape index (κ2) is 8.17. The van der Waals surface area contributed by atoms with Crippen LogP contribution in [0.3, 0.4) is 0 Å². The average molecular weight is 399 g/mol. The molecule has 0 saturated heterocycles. The van der Waals surface area contributed by atoms with E-state index >= 15 is 0 Å². The van der Waals surface area contributed by atoms with Crippen molar-refractivity contribution in [3.05, 3.63) is 71.3 Å². The molecule has 4 rings (SSSR count). The number of nitriles is 1. The lowest BCUT2D eigenvalue weighted by atomic mass is 10.1. The van der Waals surface area contributed by atoms with Crippen LogP contribution in [0.1, 0.15) is 29.4 Å². The van der Waals surface area contributed by atoms with E-state index < -0.39 is 0 Å². The lowest BCUT2D eigenvalue weighted by Crippen LogP contribution is -2.15. The smallest absolute Gasteiger partial charge is 0.229 e. The molecule has 0 aliphatic rings. The maximum atomic E-state index is 12.4. The van der Waals surface area contributed by atoms with Gasteiger partial charge in [-0.1, -0.05) is 12.1 Å². The molecule has 0 bridgehead atoms. The molecule has 3 heterocycles. The molecule has 150 valence electrons. The van der Waals surface area contributed by atoms with Crippen molar-refractivity contribution in [3.8, 4) is 6.07 Å². The summed E-state index contributed by atoms with van der Waals surface area (Å²) in [7, 11) is 0. The van der Waals surface area contributed by atoms with Crippen LogP contribution in [0.4, 0.5) is 5.82 Å². The second-order valence-electron chi connectivity index (χ2n) is 7.06. The Hall–Kier alpha value is -3.99. The molecule has 30 heavy (non-hydrogen) atoms. The third kappa shape index (κ3) is 4.05. The molecule has 0 atom stereocenters. The molecule has 3 aromatic heterocycles. The van der Waals surface area contributed by atoms with Gasteiger partial charge in [0.2, 0.25) is 5.91 Å². The Balaban J connectivity index is 1.40. The number of pyridine rings is 1. The van der Waals surface area contributed by atoms with Crippen LogP contribution in [-0.4, -0.2) is 30.5 Å². The van der Waals surface area contributed by atoms with E-state index in [0.717, 1.165) is 34.3 Å². The van der Waals surface area contributed by atoms with Crippen LogP contribution in [0.25, 0.3) is 10.9 Å². The van der Waals surface area contributed by atoms with Crippen molar-refractivity contribution in [3.63, 3.8) is 0 Å². The van der Waals surface area contributed by atoms with Crippen molar-refractivity contribution in [2.75, 3.05) is 5.32 Å². The number of amides is 1. The van der Waals surface area contributed by atoms with Crippen LogP contribution in [-0.2, 0) is 24.3 Å². The van der Waals surface area contributed by atoms with Gasteiger partial charge >= 0.3 is 0 Å². The summed E-state index contributed by atoms with van der Waals surface area (Å²) in [5, 5.41) is 21.7. The highest BCUT2D eigenvalue weighted by molar-refractivity contribution is 5.92. The quantitative estimate of drug-likeness (QED) is 0.537. The summed E-state index contributed by atoms with van der Waals surface area (Å²) in [6, 6.07) is 13.5. The second-order valence-corrected chi connectivity index (χ2v) is 7.06. The van der Waals surface area contributed by atoms with E-state index in [1.807, 2.05) is 55.1 Å². The Morgan fingerprint density at radius 2 is 2.10 bits per heavy atom. The van der Waals surface area contributed by atoms with Crippen molar-refractivity contribution in [2.45, 2.75) is 33.4 Å². The Labute approximate surface area is 173 Å². The standard InChI is InChI=1S/C22H21N7O/c1-3-29-20-7-5-16(10-17(20)13-24-29)11-22(30)26-21-8-9-28(27-21)14-18-6-4-15(2)19(12-23)25-18/h4-10,13H,3,11,14H2,1-2H3,(H,26,27,30). The monoisotopic (exact) mass is 399 g/mol. The number of anilines is 1. The fourth-order valence-corrected chi connectivity index (χ4v) is 3.32. The van der Waals surface area contributed by atoms with Crippen molar-refractivity contribution in [1.29, 1.82) is 5.26 Å². The van der Waals surface area contributed by atoms with Gasteiger partial charge in [-0.15, -0.1) is 0 Å². The number of carbonyl (C=O) groups excluding carboxylic acids is 1. The first-order valence-corrected chi connectivity index (χ1v) is 9.70. The summed E-state index contributed by atoms with van der Waals surface area (Å²) in [4.78, 5) is 16.8. The zero-order valence-corrected chi connectivity index (χ0v) is 16.8. The molecule has 0 fully saturated rings. The Morgan fingerprint density at radius 3 is 2.90 bits per heavy atom. The zero-order chi connectivity index (χ0) is 21.1. The van der Waals surface area contributed by atoms with Gasteiger partial charge in [0.1, 0.15) is 11.8 Å². The minimum Gasteiger partial charge on any atom is -0.309 e. The first-order valence-electron chi connectivity index (χ1n) is 9.70. The first-order chi connectivity index (χ1) is 14.6. The molecule has 8 heteroatoms. The fraction of sp³-hybridized carbons (Fsp3) is 0.227. The summed E-state index contributed by atoms with van der Waals surface area (Å²) < 4.78 is 3.61. The molecule has 0 aliphatic carbocycles. The number of rotatable bonds is 6. The lowest BCUT2D eigenvalue weighted by molar-refractivity contribution is -0.115. The van der Waals surface area contributed by atoms with Gasteiger partial charge < -0.3 is 5.32 Å². The zero-order valence-electron chi connectivity index (χ0n) is 16.8. The highest BCUT2D eigenvalue weighted by atomic mass is 16.1. The first kappa shape index (κ1) is 19.3. The van der Waals surface area contributed by atoms with E-state index in [2.05, 4.69) is 26.6 Å². The number of hydrogen-bond donors (Lipinski definition) is 1. The van der Waals surface area contributed by atoms with Crippen LogP contribution in [0.2, 0.25) is 0 Å². The fourth-order valence-electron chi connectivity index (χ4n) is 3.32. The van der Waals surface area contributed by atoms with E-state index in [0.29, 0.717) is 18.1 Å². The van der Waals surface area contributed by atoms with Crippen molar-refractivity contribution in [1.82, 2.24) is 24.5 Å². The summed E-state index contributed by atoms with van der Waals surface area (Å²) in [5.74, 6) is 0.343. The van der Waals surface area contributed by atoms with E-state index in [9.17, 15) is 4.79 Å². The van der Waals surface area contributed by atoms with Crippen molar-refractivity contribution >= 4 is 22.6 Å². The summed E-state index contributed by atoms with van der Waals surface area (Å²) in [6.45, 7) is 5.12. The normalized spacial score (nSPS) is 10.8. The van der Waals surface area contributed by atoms with Crippen molar-refractivity contribution in [2.24, 2.45) is 0 Å². The van der Waals surface area contributed by atoms with Gasteiger partial charge in [-0.25, -0.2) is 4.98 Å². The van der Waals surface area contributed by atoms with E-state index in [1.165, 1.54) is 0 Å². The number of fused-ring (bicyclic) bond motifs is 1. The van der Waals surface area contributed by atoms with Crippen LogP contribution < -0.4 is 5.32 Å². The molecular formula is C22H21N7O. The molecule has 8 nitrogen and oxygen atoms in total. The molecule has 1 aromatic carbocycles. The molecule has 1 N–H and O–H groups in total. The number of nitrogens with zero attached hydrogens (tertiary/aromatic N) is 6. The Kier molecular flexibility index (Phi) is 5.26. The largest absolute Gasteiger partial charge is 0.309 e. The molecule has 0 aliphatic heterocycles. The van der Waals surface area contributed by atoms with Crippen LogP contribution in [0.15, 0.2) is 48.8 Å². The minimum absolute atomic E-state index is 0.136. The maximum Gasteiger partial charge on any atom is 0.229 e. The predicted molar refractivity (Wildman–Crippen MR) is 113 cm³/mol. The molecule has 0 saturated carbocycles. The third-order valence-electron chi connectivity index (χ3n) is 4.86. The third-order valence-corrected chi connectivity index (χ3v) is 4.86. The molecule has 0 unspecified atom stereocenters. The van der Waals surface area contributed by atoms with Gasteiger partial charge in [-0.2, -0.15) is 15.5 Å². The number of nitrogens with one attached hydrogen (secondary N) is 1. The van der Waals surface area contributed by atoms with Gasteiger partial charge in [-0.05, 0) is 43.2 Å². The molecule has 0 radical (unpaired) electrons. The highest BCUT2D eigenvalue weighted by Gasteiger charge is 2.09. The molecule has 0 spiro atoms. The summed E-state index contributed by atoms with van der Waals surface area (Å²) in [5.41, 5.74) is 3.97. The van der Waals surface area contributed by atoms with Crippen molar-refractivity contribution < 1.29 is 4.79 Å².